The van der Waals surface area contributed by atoms with E-state index in [4.69, 9.17) is 11.6 Å². The van der Waals surface area contributed by atoms with Gasteiger partial charge in [-0.3, -0.25) is 19.4 Å². The summed E-state index contributed by atoms with van der Waals surface area (Å²) in [6, 6.07) is 12.1. The predicted octanol–water partition coefficient (Wildman–Crippen LogP) is 4.69. The summed E-state index contributed by atoms with van der Waals surface area (Å²) >= 11 is 6.70. The van der Waals surface area contributed by atoms with Gasteiger partial charge >= 0.3 is 0 Å². The molecule has 1 fully saturated rings. The molecule has 2 aliphatic rings. The number of carbonyl (C=O) groups is 1. The predicted molar refractivity (Wildman–Crippen MR) is 133 cm³/mol. The smallest absolute Gasteiger partial charge is 0.236 e. The Morgan fingerprint density at radius 3 is 2.50 bits per heavy atom. The van der Waals surface area contributed by atoms with E-state index in [-0.39, 0.29) is 5.91 Å². The van der Waals surface area contributed by atoms with Gasteiger partial charge in [-0.15, -0.1) is 0 Å². The number of fused-ring (bicyclic) bond motifs is 2. The second-order valence-electron chi connectivity index (χ2n) is 8.92. The normalized spacial score (nSPS) is 16.5. The average Bonchev–Trinajstić information content (AvgIpc) is 3.41. The van der Waals surface area contributed by atoms with Crippen molar-refractivity contribution in [3.63, 3.8) is 0 Å². The molecule has 0 aliphatic carbocycles. The summed E-state index contributed by atoms with van der Waals surface area (Å²) in [5.41, 5.74) is 6.29. The van der Waals surface area contributed by atoms with Crippen molar-refractivity contribution >= 4 is 28.9 Å². The van der Waals surface area contributed by atoms with Gasteiger partial charge in [-0.25, -0.2) is 0 Å². The third-order valence-corrected chi connectivity index (χ3v) is 7.26. The van der Waals surface area contributed by atoms with Gasteiger partial charge in [0.1, 0.15) is 0 Å². The molecule has 8 heteroatoms. The van der Waals surface area contributed by atoms with Crippen LogP contribution in [0.5, 0.6) is 0 Å². The Bertz CT molecular complexity index is 1390. The summed E-state index contributed by atoms with van der Waals surface area (Å²) < 4.78 is 1.80. The van der Waals surface area contributed by atoms with E-state index in [2.05, 4.69) is 49.5 Å². The van der Waals surface area contributed by atoms with E-state index in [1.165, 1.54) is 0 Å². The quantitative estimate of drug-likeness (QED) is 0.470. The van der Waals surface area contributed by atoms with Gasteiger partial charge in [0.25, 0.3) is 0 Å². The van der Waals surface area contributed by atoms with Crippen LogP contribution in [0.4, 0.5) is 11.4 Å². The van der Waals surface area contributed by atoms with Crippen molar-refractivity contribution in [3.05, 3.63) is 78.1 Å². The molecule has 1 aromatic carbocycles. The number of aryl methyl sites for hydroxylation is 1. The summed E-state index contributed by atoms with van der Waals surface area (Å²) in [6.07, 6.45) is 10.5. The lowest BCUT2D eigenvalue weighted by molar-refractivity contribution is -0.121. The Morgan fingerprint density at radius 1 is 1.00 bits per heavy atom. The van der Waals surface area contributed by atoms with Gasteiger partial charge < -0.3 is 10.2 Å². The lowest BCUT2D eigenvalue weighted by Gasteiger charge is -2.39. The monoisotopic (exact) mass is 470 g/mol. The third kappa shape index (κ3) is 3.27. The molecule has 34 heavy (non-hydrogen) atoms. The number of anilines is 2. The topological polar surface area (TPSA) is 75.9 Å². The van der Waals surface area contributed by atoms with Crippen LogP contribution in [0.3, 0.4) is 0 Å². The number of hydrogen-bond donors (Lipinski definition) is 1. The highest BCUT2D eigenvalue weighted by atomic mass is 35.5. The Balaban J connectivity index is 1.30. The van der Waals surface area contributed by atoms with Crippen LogP contribution >= 0.6 is 11.6 Å². The summed E-state index contributed by atoms with van der Waals surface area (Å²) in [7, 11) is 1.91. The van der Waals surface area contributed by atoms with E-state index in [1.807, 2.05) is 37.8 Å². The molecule has 0 unspecified atom stereocenters. The first-order valence-corrected chi connectivity index (χ1v) is 11.7. The molecular weight excluding hydrogens is 448 g/mol. The number of piperidine rings is 1. The zero-order chi connectivity index (χ0) is 23.3. The SMILES string of the molecule is Cn1cc(-c2ccc(-c3cncc(Cl)c3N3CCC4(CC3)C(=O)Nc3cccnc34)cc2)cn1. The lowest BCUT2D eigenvalue weighted by Crippen LogP contribution is -2.47. The molecule has 0 bridgehead atoms. The van der Waals surface area contributed by atoms with E-state index in [9.17, 15) is 4.79 Å². The minimum atomic E-state index is -0.571. The van der Waals surface area contributed by atoms with Crippen LogP contribution in [0.25, 0.3) is 22.3 Å². The van der Waals surface area contributed by atoms with Crippen LogP contribution in [0, 0.1) is 0 Å². The second-order valence-corrected chi connectivity index (χ2v) is 9.33. The van der Waals surface area contributed by atoms with E-state index >= 15 is 0 Å². The van der Waals surface area contributed by atoms with Crippen LogP contribution < -0.4 is 10.2 Å². The largest absolute Gasteiger partial charge is 0.370 e. The van der Waals surface area contributed by atoms with Crippen LogP contribution in [0.15, 0.2) is 67.4 Å². The molecule has 170 valence electrons. The molecule has 2 aliphatic heterocycles. The van der Waals surface area contributed by atoms with E-state index in [0.717, 1.165) is 39.3 Å². The highest BCUT2D eigenvalue weighted by Crippen LogP contribution is 2.46. The van der Waals surface area contributed by atoms with Crippen molar-refractivity contribution < 1.29 is 4.79 Å². The summed E-state index contributed by atoms with van der Waals surface area (Å²) in [5, 5.41) is 7.89. The fourth-order valence-electron chi connectivity index (χ4n) is 5.19. The number of hydrogen-bond acceptors (Lipinski definition) is 5. The highest BCUT2D eigenvalue weighted by Gasteiger charge is 2.49. The van der Waals surface area contributed by atoms with E-state index < -0.39 is 5.41 Å². The van der Waals surface area contributed by atoms with Crippen molar-refractivity contribution in [3.8, 4) is 22.3 Å². The number of aromatic nitrogens is 4. The van der Waals surface area contributed by atoms with Crippen molar-refractivity contribution in [2.45, 2.75) is 18.3 Å². The third-order valence-electron chi connectivity index (χ3n) is 6.98. The number of amides is 1. The van der Waals surface area contributed by atoms with Crippen LogP contribution in [0.1, 0.15) is 18.5 Å². The zero-order valence-electron chi connectivity index (χ0n) is 18.7. The Morgan fingerprint density at radius 2 is 1.76 bits per heavy atom. The van der Waals surface area contributed by atoms with Gasteiger partial charge in [0.15, 0.2) is 0 Å². The number of nitrogens with zero attached hydrogens (tertiary/aromatic N) is 5. The van der Waals surface area contributed by atoms with Gasteiger partial charge in [-0.05, 0) is 36.1 Å². The van der Waals surface area contributed by atoms with Gasteiger partial charge in [0, 0.05) is 56.1 Å². The number of nitrogens with one attached hydrogen (secondary N) is 1. The molecule has 1 saturated heterocycles. The molecule has 5 heterocycles. The van der Waals surface area contributed by atoms with Gasteiger partial charge in [-0.2, -0.15) is 5.10 Å². The number of rotatable bonds is 3. The maximum atomic E-state index is 12.9. The molecule has 1 N–H and O–H groups in total. The zero-order valence-corrected chi connectivity index (χ0v) is 19.5. The number of pyridine rings is 2. The fraction of sp³-hybridized carbons (Fsp3) is 0.231. The lowest BCUT2D eigenvalue weighted by atomic mass is 9.76. The highest BCUT2D eigenvalue weighted by molar-refractivity contribution is 6.33. The molecule has 0 atom stereocenters. The Kier molecular flexibility index (Phi) is 4.88. The molecule has 0 saturated carbocycles. The van der Waals surface area contributed by atoms with Crippen LogP contribution in [0.2, 0.25) is 5.02 Å². The van der Waals surface area contributed by atoms with Gasteiger partial charge in [0.2, 0.25) is 5.91 Å². The second kappa shape index (κ2) is 7.95. The molecule has 1 spiro atoms. The molecule has 6 rings (SSSR count). The molecule has 0 radical (unpaired) electrons. The number of benzene rings is 1. The van der Waals surface area contributed by atoms with Crippen molar-refractivity contribution in [1.29, 1.82) is 0 Å². The van der Waals surface area contributed by atoms with Crippen molar-refractivity contribution in [2.75, 3.05) is 23.3 Å². The molecular formula is C26H23ClN6O. The van der Waals surface area contributed by atoms with Gasteiger partial charge in [0.05, 0.1) is 33.7 Å². The van der Waals surface area contributed by atoms with Crippen molar-refractivity contribution in [2.24, 2.45) is 7.05 Å². The van der Waals surface area contributed by atoms with Crippen LogP contribution in [-0.4, -0.2) is 38.7 Å². The minimum absolute atomic E-state index is 0.0490. The molecule has 7 nitrogen and oxygen atoms in total. The molecule has 3 aromatic heterocycles. The summed E-state index contributed by atoms with van der Waals surface area (Å²) in [5.74, 6) is 0.0490. The summed E-state index contributed by atoms with van der Waals surface area (Å²) in [4.78, 5) is 24.1. The average molecular weight is 471 g/mol. The van der Waals surface area contributed by atoms with E-state index in [1.54, 1.807) is 17.1 Å². The molecule has 4 aromatic rings. The first kappa shape index (κ1) is 20.9. The van der Waals surface area contributed by atoms with Crippen molar-refractivity contribution in [1.82, 2.24) is 19.7 Å². The standard InChI is InChI=1S/C26H23ClN6O/c1-32-16-19(13-30-32)17-4-6-18(7-5-17)20-14-28-15-21(27)23(20)33-11-8-26(9-12-33)24-22(31-25(26)34)3-2-10-29-24/h2-7,10,13-16H,8-9,11-12H2,1H3,(H,31,34). The van der Waals surface area contributed by atoms with E-state index in [0.29, 0.717) is 31.0 Å². The maximum absolute atomic E-state index is 12.9. The Hall–Kier alpha value is -3.71. The number of halogens is 1. The summed E-state index contributed by atoms with van der Waals surface area (Å²) in [6.45, 7) is 1.40. The fourth-order valence-corrected chi connectivity index (χ4v) is 5.46. The maximum Gasteiger partial charge on any atom is 0.236 e. The van der Waals surface area contributed by atoms with Gasteiger partial charge in [-0.1, -0.05) is 35.9 Å². The van der Waals surface area contributed by atoms with Crippen LogP contribution in [-0.2, 0) is 17.3 Å². The molecule has 1 amide bonds. The first-order valence-electron chi connectivity index (χ1n) is 11.3. The Labute approximate surface area is 202 Å². The number of carbonyl (C=O) groups excluding carboxylic acids is 1. The minimum Gasteiger partial charge on any atom is -0.370 e. The first-order chi connectivity index (χ1) is 16.5.